The topological polar surface area (TPSA) is 108 Å². The van der Waals surface area contributed by atoms with Crippen LogP contribution in [0.3, 0.4) is 0 Å². The van der Waals surface area contributed by atoms with Crippen LogP contribution in [0.1, 0.15) is 6.92 Å². The number of nitrogens with one attached hydrogen (secondary N) is 2. The standard InChI is InChI=1S/C16H23N5O3/c1-12(22)21(14-4-2-13(17)3-5-14)16(24)15(23)19-8-11-20-9-6-18-7-10-20/h2-5,18H,6-11,17H2,1H3,(H,19,23). The van der Waals surface area contributed by atoms with E-state index in [9.17, 15) is 14.4 Å². The number of rotatable bonds is 4. The van der Waals surface area contributed by atoms with Gasteiger partial charge in [0.25, 0.3) is 0 Å². The molecule has 1 aromatic rings. The number of hydrogen-bond acceptors (Lipinski definition) is 6. The molecule has 0 bridgehead atoms. The summed E-state index contributed by atoms with van der Waals surface area (Å²) >= 11 is 0. The molecule has 0 spiro atoms. The van der Waals surface area contributed by atoms with E-state index in [1.807, 2.05) is 0 Å². The van der Waals surface area contributed by atoms with Gasteiger partial charge in [-0.05, 0) is 24.3 Å². The zero-order chi connectivity index (χ0) is 17.5. The van der Waals surface area contributed by atoms with Gasteiger partial charge in [-0.3, -0.25) is 19.3 Å². The van der Waals surface area contributed by atoms with Gasteiger partial charge < -0.3 is 16.4 Å². The lowest BCUT2D eigenvalue weighted by Crippen LogP contribution is -2.49. The monoisotopic (exact) mass is 333 g/mol. The average molecular weight is 333 g/mol. The number of anilines is 2. The van der Waals surface area contributed by atoms with Gasteiger partial charge in [0.05, 0.1) is 5.69 Å². The van der Waals surface area contributed by atoms with Gasteiger partial charge in [-0.2, -0.15) is 0 Å². The molecule has 1 aliphatic rings. The molecule has 130 valence electrons. The first-order valence-electron chi connectivity index (χ1n) is 7.90. The molecule has 1 fully saturated rings. The molecule has 0 unspecified atom stereocenters. The lowest BCUT2D eigenvalue weighted by atomic mass is 10.2. The lowest BCUT2D eigenvalue weighted by molar-refractivity contribution is -0.139. The van der Waals surface area contributed by atoms with Gasteiger partial charge >= 0.3 is 11.8 Å². The quantitative estimate of drug-likeness (QED) is 0.490. The van der Waals surface area contributed by atoms with Crippen molar-refractivity contribution < 1.29 is 14.4 Å². The van der Waals surface area contributed by atoms with Gasteiger partial charge in [0.2, 0.25) is 5.91 Å². The second-order valence-electron chi connectivity index (χ2n) is 5.60. The third-order valence-corrected chi connectivity index (χ3v) is 3.79. The van der Waals surface area contributed by atoms with E-state index >= 15 is 0 Å². The Hall–Kier alpha value is -2.45. The van der Waals surface area contributed by atoms with Crippen molar-refractivity contribution in [1.29, 1.82) is 0 Å². The van der Waals surface area contributed by atoms with Gasteiger partial charge in [-0.1, -0.05) is 0 Å². The van der Waals surface area contributed by atoms with Crippen molar-refractivity contribution in [3.05, 3.63) is 24.3 Å². The number of carbonyl (C=O) groups excluding carboxylic acids is 3. The molecule has 0 radical (unpaired) electrons. The number of imide groups is 1. The maximum Gasteiger partial charge on any atom is 0.323 e. The Balaban J connectivity index is 1.92. The Morgan fingerprint density at radius 1 is 1.21 bits per heavy atom. The van der Waals surface area contributed by atoms with Gasteiger partial charge in [0, 0.05) is 51.9 Å². The number of hydrogen-bond donors (Lipinski definition) is 3. The summed E-state index contributed by atoms with van der Waals surface area (Å²) in [5.74, 6) is -2.22. The summed E-state index contributed by atoms with van der Waals surface area (Å²) < 4.78 is 0. The minimum Gasteiger partial charge on any atom is -0.399 e. The second kappa shape index (κ2) is 8.42. The van der Waals surface area contributed by atoms with Crippen LogP contribution >= 0.6 is 0 Å². The minimum atomic E-state index is -0.896. The number of amides is 3. The first kappa shape index (κ1) is 17.9. The molecular formula is C16H23N5O3. The molecular weight excluding hydrogens is 310 g/mol. The Morgan fingerprint density at radius 3 is 2.42 bits per heavy atom. The van der Waals surface area contributed by atoms with Crippen LogP contribution in [0.15, 0.2) is 24.3 Å². The molecule has 0 aliphatic carbocycles. The zero-order valence-electron chi connectivity index (χ0n) is 13.7. The van der Waals surface area contributed by atoms with E-state index in [1.165, 1.54) is 19.1 Å². The molecule has 0 aromatic heterocycles. The Morgan fingerprint density at radius 2 is 1.83 bits per heavy atom. The maximum atomic E-state index is 12.3. The zero-order valence-corrected chi connectivity index (χ0v) is 13.7. The molecule has 1 aliphatic heterocycles. The van der Waals surface area contributed by atoms with Crippen molar-refractivity contribution in [1.82, 2.24) is 15.5 Å². The smallest absolute Gasteiger partial charge is 0.323 e. The molecule has 1 heterocycles. The number of nitrogen functional groups attached to an aromatic ring is 1. The first-order valence-corrected chi connectivity index (χ1v) is 7.90. The van der Waals surface area contributed by atoms with Crippen LogP contribution in [-0.2, 0) is 14.4 Å². The summed E-state index contributed by atoms with van der Waals surface area (Å²) in [4.78, 5) is 39.2. The molecule has 4 N–H and O–H groups in total. The fourth-order valence-corrected chi connectivity index (χ4v) is 2.50. The molecule has 8 nitrogen and oxygen atoms in total. The molecule has 8 heteroatoms. The summed E-state index contributed by atoms with van der Waals surface area (Å²) in [7, 11) is 0. The predicted molar refractivity (Wildman–Crippen MR) is 91.3 cm³/mol. The fraction of sp³-hybridized carbons (Fsp3) is 0.438. The van der Waals surface area contributed by atoms with Crippen LogP contribution in [0.25, 0.3) is 0 Å². The molecule has 24 heavy (non-hydrogen) atoms. The van der Waals surface area contributed by atoms with Crippen LogP contribution in [0.4, 0.5) is 11.4 Å². The van der Waals surface area contributed by atoms with Crippen LogP contribution in [0, 0.1) is 0 Å². The van der Waals surface area contributed by atoms with Gasteiger partial charge in [-0.25, -0.2) is 4.90 Å². The van der Waals surface area contributed by atoms with E-state index in [2.05, 4.69) is 15.5 Å². The Kier molecular flexibility index (Phi) is 6.28. The highest BCUT2D eigenvalue weighted by atomic mass is 16.2. The third-order valence-electron chi connectivity index (χ3n) is 3.79. The molecule has 1 aromatic carbocycles. The van der Waals surface area contributed by atoms with E-state index in [0.717, 1.165) is 31.1 Å². The van der Waals surface area contributed by atoms with E-state index in [1.54, 1.807) is 12.1 Å². The maximum absolute atomic E-state index is 12.3. The Bertz CT molecular complexity index is 596. The summed E-state index contributed by atoms with van der Waals surface area (Å²) in [5.41, 5.74) is 6.43. The highest BCUT2D eigenvalue weighted by Gasteiger charge is 2.26. The van der Waals surface area contributed by atoms with Crippen LogP contribution in [-0.4, -0.2) is 61.9 Å². The Labute approximate surface area is 141 Å². The molecule has 0 atom stereocenters. The average Bonchev–Trinajstić information content (AvgIpc) is 2.57. The van der Waals surface area contributed by atoms with E-state index in [4.69, 9.17) is 5.73 Å². The van der Waals surface area contributed by atoms with E-state index in [0.29, 0.717) is 24.5 Å². The third kappa shape index (κ3) is 4.77. The molecule has 3 amide bonds. The number of nitrogens with zero attached hydrogens (tertiary/aromatic N) is 2. The molecule has 1 saturated heterocycles. The minimum absolute atomic E-state index is 0.318. The SMILES string of the molecule is CC(=O)N(C(=O)C(=O)NCCN1CCNCC1)c1ccc(N)cc1. The summed E-state index contributed by atoms with van der Waals surface area (Å²) in [5, 5.41) is 5.82. The van der Waals surface area contributed by atoms with E-state index < -0.39 is 17.7 Å². The summed E-state index contributed by atoms with van der Waals surface area (Å²) in [6, 6.07) is 6.20. The van der Waals surface area contributed by atoms with Gasteiger partial charge in [0.1, 0.15) is 0 Å². The molecule has 0 saturated carbocycles. The van der Waals surface area contributed by atoms with Crippen molar-refractivity contribution in [3.63, 3.8) is 0 Å². The second-order valence-corrected chi connectivity index (χ2v) is 5.60. The summed E-state index contributed by atoms with van der Waals surface area (Å²) in [6.07, 6.45) is 0. The van der Waals surface area contributed by atoms with Crippen molar-refractivity contribution in [2.45, 2.75) is 6.92 Å². The number of benzene rings is 1. The molecule has 2 rings (SSSR count). The van der Waals surface area contributed by atoms with Crippen molar-refractivity contribution >= 4 is 29.1 Å². The van der Waals surface area contributed by atoms with Crippen molar-refractivity contribution in [2.24, 2.45) is 0 Å². The summed E-state index contributed by atoms with van der Waals surface area (Å²) in [6.45, 7) is 5.93. The normalized spacial score (nSPS) is 14.9. The fourth-order valence-electron chi connectivity index (χ4n) is 2.50. The largest absolute Gasteiger partial charge is 0.399 e. The van der Waals surface area contributed by atoms with Crippen LogP contribution in [0.5, 0.6) is 0 Å². The first-order chi connectivity index (χ1) is 11.5. The highest BCUT2D eigenvalue weighted by molar-refractivity contribution is 6.45. The van der Waals surface area contributed by atoms with Gasteiger partial charge in [0.15, 0.2) is 0 Å². The highest BCUT2D eigenvalue weighted by Crippen LogP contribution is 2.16. The van der Waals surface area contributed by atoms with Crippen LogP contribution in [0.2, 0.25) is 0 Å². The van der Waals surface area contributed by atoms with Gasteiger partial charge in [-0.15, -0.1) is 0 Å². The van der Waals surface area contributed by atoms with Crippen molar-refractivity contribution in [3.8, 4) is 0 Å². The van der Waals surface area contributed by atoms with Crippen molar-refractivity contribution in [2.75, 3.05) is 49.9 Å². The number of carbonyl (C=O) groups is 3. The predicted octanol–water partition coefficient (Wildman–Crippen LogP) is -0.830. The lowest BCUT2D eigenvalue weighted by Gasteiger charge is -2.27. The van der Waals surface area contributed by atoms with Crippen LogP contribution < -0.4 is 21.3 Å². The number of nitrogens with two attached hydrogens (primary N) is 1. The number of piperazine rings is 1. The van der Waals surface area contributed by atoms with E-state index in [-0.39, 0.29) is 0 Å².